The summed E-state index contributed by atoms with van der Waals surface area (Å²) in [6.45, 7) is 7.80. The van der Waals surface area contributed by atoms with Crippen LogP contribution in [0.4, 0.5) is 11.5 Å². The highest BCUT2D eigenvalue weighted by molar-refractivity contribution is 6.36. The Kier molecular flexibility index (Phi) is 7.01. The molecule has 1 amide bonds. The van der Waals surface area contributed by atoms with Gasteiger partial charge in [-0.25, -0.2) is 0 Å². The Morgan fingerprint density at radius 1 is 1.03 bits per heavy atom. The summed E-state index contributed by atoms with van der Waals surface area (Å²) >= 11 is 6.67. The summed E-state index contributed by atoms with van der Waals surface area (Å²) in [5.41, 5.74) is 3.33. The zero-order valence-electron chi connectivity index (χ0n) is 22.2. The lowest BCUT2D eigenvalue weighted by Gasteiger charge is -2.38. The molecule has 0 aliphatic carbocycles. The van der Waals surface area contributed by atoms with Crippen molar-refractivity contribution in [2.24, 2.45) is 0 Å². The summed E-state index contributed by atoms with van der Waals surface area (Å²) in [6.07, 6.45) is 3.17. The SMILES string of the molecule is CC(=O)N1CCN(c2nc(OCC3CCCN3C)nc3c2CCN(c2cccc4cccc(Cl)c24)C3)CC1. The molecule has 3 aliphatic rings. The van der Waals surface area contributed by atoms with Gasteiger partial charge in [-0.05, 0) is 50.4 Å². The molecule has 1 atom stereocenters. The van der Waals surface area contributed by atoms with Crippen molar-refractivity contribution in [2.45, 2.75) is 38.8 Å². The summed E-state index contributed by atoms with van der Waals surface area (Å²) in [7, 11) is 2.15. The lowest BCUT2D eigenvalue weighted by atomic mass is 10.0. The minimum absolute atomic E-state index is 0.128. The Labute approximate surface area is 229 Å². The van der Waals surface area contributed by atoms with Crippen LogP contribution in [0.25, 0.3) is 10.8 Å². The second-order valence-electron chi connectivity index (χ2n) is 10.6. The summed E-state index contributed by atoms with van der Waals surface area (Å²) in [5.74, 6) is 1.09. The lowest BCUT2D eigenvalue weighted by Crippen LogP contribution is -2.49. The number of benzene rings is 2. The van der Waals surface area contributed by atoms with Crippen LogP contribution in [0.5, 0.6) is 6.01 Å². The van der Waals surface area contributed by atoms with Crippen molar-refractivity contribution in [3.05, 3.63) is 52.7 Å². The van der Waals surface area contributed by atoms with Gasteiger partial charge in [0.2, 0.25) is 5.91 Å². The van der Waals surface area contributed by atoms with Gasteiger partial charge in [0.05, 0.1) is 17.3 Å². The molecule has 3 aromatic rings. The molecule has 1 unspecified atom stereocenters. The van der Waals surface area contributed by atoms with Crippen LogP contribution < -0.4 is 14.5 Å². The first kappa shape index (κ1) is 25.2. The molecule has 38 heavy (non-hydrogen) atoms. The van der Waals surface area contributed by atoms with Crippen LogP contribution in [-0.2, 0) is 17.8 Å². The molecule has 8 nitrogen and oxygen atoms in total. The van der Waals surface area contributed by atoms with Gasteiger partial charge in [-0.15, -0.1) is 0 Å². The number of likely N-dealkylation sites (N-methyl/N-ethyl adjacent to an activating group) is 1. The van der Waals surface area contributed by atoms with Gasteiger partial charge in [0.25, 0.3) is 0 Å². The van der Waals surface area contributed by atoms with E-state index in [-0.39, 0.29) is 5.91 Å². The second-order valence-corrected chi connectivity index (χ2v) is 11.0. The third-order valence-electron chi connectivity index (χ3n) is 8.30. The van der Waals surface area contributed by atoms with Crippen molar-refractivity contribution < 1.29 is 9.53 Å². The van der Waals surface area contributed by atoms with E-state index >= 15 is 0 Å². The summed E-state index contributed by atoms with van der Waals surface area (Å²) < 4.78 is 6.25. The molecule has 0 bridgehead atoms. The van der Waals surface area contributed by atoms with E-state index in [0.717, 1.165) is 72.0 Å². The lowest BCUT2D eigenvalue weighted by molar-refractivity contribution is -0.129. The highest BCUT2D eigenvalue weighted by atomic mass is 35.5. The molecule has 2 aromatic carbocycles. The van der Waals surface area contributed by atoms with E-state index in [1.807, 2.05) is 17.0 Å². The number of hydrogen-bond acceptors (Lipinski definition) is 7. The van der Waals surface area contributed by atoms with Gasteiger partial charge in [-0.2, -0.15) is 9.97 Å². The molecule has 9 heteroatoms. The fourth-order valence-corrected chi connectivity index (χ4v) is 6.33. The van der Waals surface area contributed by atoms with Crippen molar-refractivity contribution in [3.63, 3.8) is 0 Å². The van der Waals surface area contributed by atoms with Gasteiger partial charge in [-0.1, -0.05) is 35.9 Å². The van der Waals surface area contributed by atoms with E-state index in [4.69, 9.17) is 26.3 Å². The monoisotopic (exact) mass is 534 g/mol. The fraction of sp³-hybridized carbons (Fsp3) is 0.483. The van der Waals surface area contributed by atoms with E-state index in [9.17, 15) is 4.79 Å². The van der Waals surface area contributed by atoms with Crippen molar-refractivity contribution in [3.8, 4) is 6.01 Å². The van der Waals surface area contributed by atoms with Gasteiger partial charge in [0.15, 0.2) is 0 Å². The number of halogens is 1. The molecule has 200 valence electrons. The minimum atomic E-state index is 0.128. The molecule has 3 aliphatic heterocycles. The third kappa shape index (κ3) is 4.87. The predicted molar refractivity (Wildman–Crippen MR) is 151 cm³/mol. The number of fused-ring (bicyclic) bond motifs is 2. The van der Waals surface area contributed by atoms with Crippen LogP contribution in [0.1, 0.15) is 31.0 Å². The third-order valence-corrected chi connectivity index (χ3v) is 8.61. The smallest absolute Gasteiger partial charge is 0.318 e. The minimum Gasteiger partial charge on any atom is -0.462 e. The average Bonchev–Trinajstić information content (AvgIpc) is 3.35. The zero-order chi connectivity index (χ0) is 26.2. The van der Waals surface area contributed by atoms with Crippen LogP contribution in [-0.4, -0.2) is 84.6 Å². The number of aromatic nitrogens is 2. The number of piperazine rings is 1. The van der Waals surface area contributed by atoms with Crippen LogP contribution in [0.15, 0.2) is 36.4 Å². The van der Waals surface area contributed by atoms with Crippen LogP contribution in [0.2, 0.25) is 5.02 Å². The maximum absolute atomic E-state index is 11.9. The number of carbonyl (C=O) groups excluding carboxylic acids is 1. The van der Waals surface area contributed by atoms with Gasteiger partial charge >= 0.3 is 6.01 Å². The molecule has 0 N–H and O–H groups in total. The topological polar surface area (TPSA) is 65.0 Å². The molecule has 2 saturated heterocycles. The predicted octanol–water partition coefficient (Wildman–Crippen LogP) is 3.99. The first-order valence-electron chi connectivity index (χ1n) is 13.6. The standard InChI is InChI=1S/C29H35ClN6O2/c1-20(37)34-14-16-35(17-15-34)28-23-11-13-36(26-10-4-7-21-6-3-9-24(30)27(21)26)18-25(23)31-29(32-28)38-19-22-8-5-12-33(22)2/h3-4,6-7,9-10,22H,5,8,11-19H2,1-2H3. The Bertz CT molecular complexity index is 1340. The van der Waals surface area contributed by atoms with Gasteiger partial charge < -0.3 is 24.3 Å². The molecule has 6 rings (SSSR count). The van der Waals surface area contributed by atoms with E-state index in [2.05, 4.69) is 46.0 Å². The maximum atomic E-state index is 11.9. The largest absolute Gasteiger partial charge is 0.462 e. The molecule has 0 spiro atoms. The number of rotatable bonds is 5. The number of anilines is 2. The van der Waals surface area contributed by atoms with Gasteiger partial charge in [-0.3, -0.25) is 4.79 Å². The van der Waals surface area contributed by atoms with Gasteiger partial charge in [0, 0.05) is 62.3 Å². The van der Waals surface area contributed by atoms with Crippen molar-refractivity contribution in [2.75, 3.05) is 62.7 Å². The number of likely N-dealkylation sites (tertiary alicyclic amines) is 1. The number of amides is 1. The second kappa shape index (κ2) is 10.6. The Balaban J connectivity index is 1.32. The normalized spacial score (nSPS) is 20.2. The number of nitrogens with zero attached hydrogens (tertiary/aromatic N) is 6. The fourth-order valence-electron chi connectivity index (χ4n) is 6.05. The van der Waals surface area contributed by atoms with Crippen LogP contribution >= 0.6 is 11.6 Å². The summed E-state index contributed by atoms with van der Waals surface area (Å²) in [5, 5.41) is 2.98. The quantitative estimate of drug-likeness (QED) is 0.490. The Morgan fingerprint density at radius 2 is 1.82 bits per heavy atom. The van der Waals surface area contributed by atoms with Crippen molar-refractivity contribution in [1.29, 1.82) is 0 Å². The summed E-state index contributed by atoms with van der Waals surface area (Å²) in [6, 6.07) is 13.3. The number of hydrogen-bond donors (Lipinski definition) is 0. The first-order valence-corrected chi connectivity index (χ1v) is 14.0. The molecular weight excluding hydrogens is 500 g/mol. The van der Waals surface area contributed by atoms with E-state index in [1.54, 1.807) is 6.92 Å². The molecule has 0 radical (unpaired) electrons. The maximum Gasteiger partial charge on any atom is 0.318 e. The van der Waals surface area contributed by atoms with Crippen molar-refractivity contribution >= 4 is 39.8 Å². The molecular formula is C29H35ClN6O2. The van der Waals surface area contributed by atoms with Crippen LogP contribution in [0.3, 0.4) is 0 Å². The van der Waals surface area contributed by atoms with E-state index in [1.165, 1.54) is 12.0 Å². The highest BCUT2D eigenvalue weighted by Crippen LogP contribution is 2.37. The van der Waals surface area contributed by atoms with Crippen LogP contribution in [0, 0.1) is 0 Å². The molecule has 4 heterocycles. The number of carbonyl (C=O) groups is 1. The Hall–Kier alpha value is -3.10. The van der Waals surface area contributed by atoms with E-state index in [0.29, 0.717) is 38.3 Å². The molecule has 2 fully saturated rings. The average molecular weight is 535 g/mol. The molecule has 0 saturated carbocycles. The Morgan fingerprint density at radius 3 is 2.55 bits per heavy atom. The summed E-state index contributed by atoms with van der Waals surface area (Å²) in [4.78, 5) is 30.7. The first-order chi connectivity index (χ1) is 18.5. The van der Waals surface area contributed by atoms with E-state index < -0.39 is 0 Å². The van der Waals surface area contributed by atoms with Gasteiger partial charge in [0.1, 0.15) is 12.4 Å². The molecule has 1 aromatic heterocycles. The van der Waals surface area contributed by atoms with Crippen molar-refractivity contribution in [1.82, 2.24) is 19.8 Å². The number of ether oxygens (including phenoxy) is 1. The zero-order valence-corrected chi connectivity index (χ0v) is 23.0. The highest BCUT2D eigenvalue weighted by Gasteiger charge is 2.29.